The van der Waals surface area contributed by atoms with Crippen molar-refractivity contribution in [1.29, 1.82) is 0 Å². The number of aryl methyl sites for hydroxylation is 2. The smallest absolute Gasteiger partial charge is 0.389 e. The summed E-state index contributed by atoms with van der Waals surface area (Å²) in [7, 11) is 1.45. The Bertz CT molecular complexity index is 1190. The average Bonchev–Trinajstić information content (AvgIpc) is 3.09. The van der Waals surface area contributed by atoms with Crippen LogP contribution >= 0.6 is 0 Å². The first kappa shape index (κ1) is 23.6. The van der Waals surface area contributed by atoms with Gasteiger partial charge in [0, 0.05) is 26.6 Å². The number of hydrogen-bond acceptors (Lipinski definition) is 5. The van der Waals surface area contributed by atoms with E-state index < -0.39 is 23.8 Å². The molecule has 0 unspecified atom stereocenters. The van der Waals surface area contributed by atoms with Crippen LogP contribution in [-0.4, -0.2) is 43.2 Å². The van der Waals surface area contributed by atoms with Gasteiger partial charge < -0.3 is 9.84 Å². The minimum absolute atomic E-state index is 0.0232. The molecule has 0 fully saturated rings. The number of nitrogens with zero attached hydrogens (tertiary/aromatic N) is 4. The third kappa shape index (κ3) is 5.21. The van der Waals surface area contributed by atoms with E-state index in [1.165, 1.54) is 16.2 Å². The van der Waals surface area contributed by atoms with Gasteiger partial charge in [-0.15, -0.1) is 0 Å². The highest BCUT2D eigenvalue weighted by molar-refractivity contribution is 5.72. The predicted molar refractivity (Wildman–Crippen MR) is 112 cm³/mol. The first-order chi connectivity index (χ1) is 15.1. The van der Waals surface area contributed by atoms with Gasteiger partial charge in [-0.2, -0.15) is 18.2 Å². The molecule has 174 valence electrons. The van der Waals surface area contributed by atoms with Gasteiger partial charge in [0.2, 0.25) is 0 Å². The highest BCUT2D eigenvalue weighted by Gasteiger charge is 2.27. The minimum atomic E-state index is -4.30. The van der Waals surface area contributed by atoms with Gasteiger partial charge in [0.15, 0.2) is 11.2 Å². The number of imidazole rings is 1. The fraction of sp³-hybridized carbons (Fsp3) is 0.476. The maximum absolute atomic E-state index is 13.2. The summed E-state index contributed by atoms with van der Waals surface area (Å²) in [5.74, 6) is 0. The second-order valence-electron chi connectivity index (χ2n) is 7.58. The number of fused-ring (bicyclic) bond motifs is 1. The molecule has 0 aliphatic carbocycles. The van der Waals surface area contributed by atoms with Gasteiger partial charge in [-0.25, -0.2) is 4.79 Å². The minimum Gasteiger partial charge on any atom is -0.465 e. The SMILES string of the molecule is Cc1ccc(Cn2c(OCCCC(F)(F)F)nc3c2c(=O)n(CCCO)c(=O)n3C)cc1. The molecular formula is C21H25F3N4O4. The lowest BCUT2D eigenvalue weighted by Crippen LogP contribution is -2.39. The summed E-state index contributed by atoms with van der Waals surface area (Å²) in [6.07, 6.45) is -5.35. The van der Waals surface area contributed by atoms with Crippen LogP contribution in [0, 0.1) is 6.92 Å². The van der Waals surface area contributed by atoms with Gasteiger partial charge in [0.05, 0.1) is 13.2 Å². The summed E-state index contributed by atoms with van der Waals surface area (Å²) >= 11 is 0. The van der Waals surface area contributed by atoms with Crippen LogP contribution in [0.25, 0.3) is 11.2 Å². The Labute approximate surface area is 181 Å². The average molecular weight is 454 g/mol. The Morgan fingerprint density at radius 1 is 1.09 bits per heavy atom. The third-order valence-corrected chi connectivity index (χ3v) is 5.03. The fourth-order valence-electron chi connectivity index (χ4n) is 3.35. The maximum Gasteiger partial charge on any atom is 0.389 e. The number of halogens is 3. The lowest BCUT2D eigenvalue weighted by molar-refractivity contribution is -0.136. The zero-order valence-electron chi connectivity index (χ0n) is 17.9. The van der Waals surface area contributed by atoms with E-state index in [0.717, 1.165) is 15.7 Å². The number of aliphatic hydroxyl groups is 1. The van der Waals surface area contributed by atoms with Gasteiger partial charge in [-0.1, -0.05) is 29.8 Å². The summed E-state index contributed by atoms with van der Waals surface area (Å²) in [6.45, 7) is 1.70. The molecule has 0 atom stereocenters. The van der Waals surface area contributed by atoms with Crippen molar-refractivity contribution >= 4 is 11.2 Å². The van der Waals surface area contributed by atoms with E-state index in [0.29, 0.717) is 0 Å². The molecule has 8 nitrogen and oxygen atoms in total. The van der Waals surface area contributed by atoms with Gasteiger partial charge in [0.1, 0.15) is 0 Å². The van der Waals surface area contributed by atoms with Crippen molar-refractivity contribution < 1.29 is 23.0 Å². The van der Waals surface area contributed by atoms with E-state index >= 15 is 0 Å². The van der Waals surface area contributed by atoms with E-state index in [2.05, 4.69) is 4.98 Å². The Kier molecular flexibility index (Phi) is 7.07. The largest absolute Gasteiger partial charge is 0.465 e. The van der Waals surface area contributed by atoms with Crippen molar-refractivity contribution in [3.8, 4) is 6.01 Å². The van der Waals surface area contributed by atoms with Crippen LogP contribution < -0.4 is 16.0 Å². The van der Waals surface area contributed by atoms with Crippen LogP contribution in [0.4, 0.5) is 13.2 Å². The molecule has 0 bridgehead atoms. The van der Waals surface area contributed by atoms with E-state index in [-0.39, 0.29) is 56.3 Å². The van der Waals surface area contributed by atoms with E-state index in [4.69, 9.17) is 9.84 Å². The summed E-state index contributed by atoms with van der Waals surface area (Å²) in [5.41, 5.74) is 0.863. The summed E-state index contributed by atoms with van der Waals surface area (Å²) in [6, 6.07) is 7.48. The Morgan fingerprint density at radius 2 is 1.78 bits per heavy atom. The second-order valence-corrected chi connectivity index (χ2v) is 7.58. The van der Waals surface area contributed by atoms with Crippen molar-refractivity contribution in [3.63, 3.8) is 0 Å². The summed E-state index contributed by atoms with van der Waals surface area (Å²) in [4.78, 5) is 30.0. The number of alkyl halides is 3. The van der Waals surface area contributed by atoms with Crippen LogP contribution in [0.2, 0.25) is 0 Å². The van der Waals surface area contributed by atoms with Crippen LogP contribution in [-0.2, 0) is 20.1 Å². The summed E-state index contributed by atoms with van der Waals surface area (Å²) < 4.78 is 46.6. The first-order valence-electron chi connectivity index (χ1n) is 10.2. The van der Waals surface area contributed by atoms with Crippen molar-refractivity contribution in [1.82, 2.24) is 18.7 Å². The molecule has 32 heavy (non-hydrogen) atoms. The summed E-state index contributed by atoms with van der Waals surface area (Å²) in [5, 5.41) is 9.10. The third-order valence-electron chi connectivity index (χ3n) is 5.03. The van der Waals surface area contributed by atoms with Crippen molar-refractivity contribution in [2.45, 2.75) is 45.5 Å². The number of aromatic nitrogens is 4. The Hall–Kier alpha value is -3.08. The second kappa shape index (κ2) is 9.60. The molecule has 3 aromatic rings. The topological polar surface area (TPSA) is 91.3 Å². The molecule has 1 aromatic carbocycles. The highest BCUT2D eigenvalue weighted by atomic mass is 19.4. The molecule has 2 aromatic heterocycles. The van der Waals surface area contributed by atoms with E-state index in [9.17, 15) is 22.8 Å². The number of ether oxygens (including phenoxy) is 1. The monoisotopic (exact) mass is 454 g/mol. The number of rotatable bonds is 9. The number of aliphatic hydroxyl groups excluding tert-OH is 1. The van der Waals surface area contributed by atoms with Crippen LogP contribution in [0.15, 0.2) is 33.9 Å². The van der Waals surface area contributed by atoms with Gasteiger partial charge in [0.25, 0.3) is 11.6 Å². The molecule has 0 aliphatic heterocycles. The molecule has 0 saturated carbocycles. The molecule has 0 spiro atoms. The lowest BCUT2D eigenvalue weighted by atomic mass is 10.1. The molecule has 11 heteroatoms. The van der Waals surface area contributed by atoms with E-state index in [1.807, 2.05) is 31.2 Å². The van der Waals surface area contributed by atoms with Crippen LogP contribution in [0.1, 0.15) is 30.4 Å². The van der Waals surface area contributed by atoms with Crippen molar-refractivity contribution in [3.05, 3.63) is 56.2 Å². The van der Waals surface area contributed by atoms with Crippen molar-refractivity contribution in [2.75, 3.05) is 13.2 Å². The lowest BCUT2D eigenvalue weighted by Gasteiger charge is -2.12. The van der Waals surface area contributed by atoms with Crippen LogP contribution in [0.5, 0.6) is 6.01 Å². The van der Waals surface area contributed by atoms with Gasteiger partial charge in [-0.05, 0) is 25.3 Å². The molecule has 1 N–H and O–H groups in total. The molecule has 0 aliphatic rings. The zero-order valence-corrected chi connectivity index (χ0v) is 17.9. The predicted octanol–water partition coefficient (Wildman–Crippen LogP) is 2.36. The maximum atomic E-state index is 13.2. The number of hydrogen-bond donors (Lipinski definition) is 1. The zero-order chi connectivity index (χ0) is 23.5. The first-order valence-corrected chi connectivity index (χ1v) is 10.2. The Morgan fingerprint density at radius 3 is 2.41 bits per heavy atom. The highest BCUT2D eigenvalue weighted by Crippen LogP contribution is 2.23. The van der Waals surface area contributed by atoms with Crippen molar-refractivity contribution in [2.24, 2.45) is 7.05 Å². The molecule has 3 rings (SSSR count). The molecular weight excluding hydrogens is 429 g/mol. The van der Waals surface area contributed by atoms with Crippen LogP contribution in [0.3, 0.4) is 0 Å². The number of benzene rings is 1. The quantitative estimate of drug-likeness (QED) is 0.502. The van der Waals surface area contributed by atoms with Gasteiger partial charge in [-0.3, -0.25) is 18.5 Å². The Balaban J connectivity index is 2.08. The normalized spacial score (nSPS) is 11.9. The standard InChI is InChI=1S/C21H25F3N4O4/c1-14-5-7-15(8-6-14)13-28-16-17(25-19(28)32-12-3-9-21(22,23)24)26(2)20(31)27(18(16)30)10-4-11-29/h5-8,29H,3-4,9-13H2,1-2H3. The molecule has 0 radical (unpaired) electrons. The molecule has 0 saturated heterocycles. The molecule has 2 heterocycles. The fourth-order valence-corrected chi connectivity index (χ4v) is 3.35. The molecule has 0 amide bonds. The van der Waals surface area contributed by atoms with Gasteiger partial charge >= 0.3 is 11.9 Å². The van der Waals surface area contributed by atoms with E-state index in [1.54, 1.807) is 0 Å².